The summed E-state index contributed by atoms with van der Waals surface area (Å²) in [5, 5.41) is 0. The molecule has 0 aliphatic carbocycles. The molecule has 0 atom stereocenters. The second kappa shape index (κ2) is 4.49. The molecule has 2 heteroatoms. The SMILES string of the molecule is O=C[CH]c1c(-c2ccccc2)cc2ccccn12. The van der Waals surface area contributed by atoms with Crippen LogP contribution < -0.4 is 0 Å². The predicted octanol–water partition coefficient (Wildman–Crippen LogP) is 3.36. The number of hydrogen-bond acceptors (Lipinski definition) is 1. The fraction of sp³-hybridized carbons (Fsp3) is 0. The van der Waals surface area contributed by atoms with Gasteiger partial charge in [0.2, 0.25) is 0 Å². The summed E-state index contributed by atoms with van der Waals surface area (Å²) in [5.74, 6) is 0. The van der Waals surface area contributed by atoms with E-state index in [-0.39, 0.29) is 0 Å². The summed E-state index contributed by atoms with van der Waals surface area (Å²) < 4.78 is 2.02. The number of hydrogen-bond donors (Lipinski definition) is 0. The maximum atomic E-state index is 10.8. The Balaban J connectivity index is 2.28. The number of carbonyl (C=O) groups is 1. The molecule has 1 radical (unpaired) electrons. The minimum absolute atomic E-state index is 0.835. The first-order valence-corrected chi connectivity index (χ1v) is 5.84. The van der Waals surface area contributed by atoms with Crippen LogP contribution in [0.3, 0.4) is 0 Å². The molecule has 0 saturated carbocycles. The number of nitrogens with zero attached hydrogens (tertiary/aromatic N) is 1. The number of aromatic nitrogens is 1. The second-order valence-corrected chi connectivity index (χ2v) is 4.11. The highest BCUT2D eigenvalue weighted by molar-refractivity contribution is 5.81. The Kier molecular flexibility index (Phi) is 2.69. The van der Waals surface area contributed by atoms with Gasteiger partial charge in [-0.15, -0.1) is 0 Å². The Labute approximate surface area is 105 Å². The minimum Gasteiger partial charge on any atom is -0.320 e. The van der Waals surface area contributed by atoms with Gasteiger partial charge in [-0.05, 0) is 23.8 Å². The molecule has 0 aliphatic heterocycles. The van der Waals surface area contributed by atoms with E-state index in [1.807, 2.05) is 47.0 Å². The predicted molar refractivity (Wildman–Crippen MR) is 72.3 cm³/mol. The topological polar surface area (TPSA) is 21.5 Å². The Morgan fingerprint density at radius 3 is 2.50 bits per heavy atom. The molecule has 0 fully saturated rings. The van der Waals surface area contributed by atoms with Gasteiger partial charge in [0.15, 0.2) is 0 Å². The third-order valence-electron chi connectivity index (χ3n) is 3.03. The van der Waals surface area contributed by atoms with Crippen LogP contribution in [0, 0.1) is 6.42 Å². The first-order valence-electron chi connectivity index (χ1n) is 5.84. The molecule has 87 valence electrons. The van der Waals surface area contributed by atoms with E-state index in [0.717, 1.165) is 28.6 Å². The van der Waals surface area contributed by atoms with E-state index in [9.17, 15) is 4.79 Å². The van der Waals surface area contributed by atoms with Crippen LogP contribution in [0.15, 0.2) is 60.8 Å². The zero-order valence-electron chi connectivity index (χ0n) is 9.78. The third-order valence-corrected chi connectivity index (χ3v) is 3.03. The van der Waals surface area contributed by atoms with Crippen LogP contribution in [-0.2, 0) is 4.79 Å². The van der Waals surface area contributed by atoms with Gasteiger partial charge < -0.3 is 9.20 Å². The van der Waals surface area contributed by atoms with Gasteiger partial charge in [0, 0.05) is 23.0 Å². The van der Waals surface area contributed by atoms with Crippen molar-refractivity contribution in [1.29, 1.82) is 0 Å². The first kappa shape index (κ1) is 10.8. The molecule has 3 aromatic rings. The Morgan fingerprint density at radius 1 is 0.944 bits per heavy atom. The van der Waals surface area contributed by atoms with Crippen LogP contribution in [0.25, 0.3) is 16.6 Å². The van der Waals surface area contributed by atoms with Crippen molar-refractivity contribution in [3.05, 3.63) is 72.9 Å². The lowest BCUT2D eigenvalue weighted by molar-refractivity contribution is -0.105. The molecule has 18 heavy (non-hydrogen) atoms. The lowest BCUT2D eigenvalue weighted by Gasteiger charge is -2.03. The number of rotatable bonds is 3. The van der Waals surface area contributed by atoms with E-state index in [1.54, 1.807) is 6.42 Å². The first-order chi connectivity index (χ1) is 8.90. The van der Waals surface area contributed by atoms with Crippen molar-refractivity contribution in [2.45, 2.75) is 0 Å². The van der Waals surface area contributed by atoms with E-state index in [1.165, 1.54) is 0 Å². The van der Waals surface area contributed by atoms with Crippen LogP contribution in [-0.4, -0.2) is 10.7 Å². The molecule has 0 spiro atoms. The largest absolute Gasteiger partial charge is 0.320 e. The molecule has 2 heterocycles. The lowest BCUT2D eigenvalue weighted by Crippen LogP contribution is -1.92. The van der Waals surface area contributed by atoms with E-state index in [2.05, 4.69) is 18.2 Å². The van der Waals surface area contributed by atoms with Crippen molar-refractivity contribution < 1.29 is 4.79 Å². The number of carbonyl (C=O) groups excluding carboxylic acids is 1. The zero-order valence-corrected chi connectivity index (χ0v) is 9.78. The van der Waals surface area contributed by atoms with Crippen molar-refractivity contribution in [1.82, 2.24) is 4.40 Å². The van der Waals surface area contributed by atoms with E-state index in [4.69, 9.17) is 0 Å². The molecule has 0 N–H and O–H groups in total. The molecule has 2 nitrogen and oxygen atoms in total. The van der Waals surface area contributed by atoms with Crippen LogP contribution in [0.2, 0.25) is 0 Å². The van der Waals surface area contributed by atoms with Gasteiger partial charge in [-0.25, -0.2) is 0 Å². The number of aldehydes is 1. The smallest absolute Gasteiger partial charge is 0.130 e. The molecule has 0 bridgehead atoms. The van der Waals surface area contributed by atoms with Crippen molar-refractivity contribution in [3.63, 3.8) is 0 Å². The number of benzene rings is 1. The van der Waals surface area contributed by atoms with Gasteiger partial charge in [-0.1, -0.05) is 36.4 Å². The molecular formula is C16H12NO. The van der Waals surface area contributed by atoms with Crippen molar-refractivity contribution in [3.8, 4) is 11.1 Å². The molecule has 0 amide bonds. The number of fused-ring (bicyclic) bond motifs is 1. The third kappa shape index (κ3) is 1.72. The maximum absolute atomic E-state index is 10.8. The van der Waals surface area contributed by atoms with Crippen molar-refractivity contribution in [2.75, 3.05) is 0 Å². The second-order valence-electron chi connectivity index (χ2n) is 4.11. The van der Waals surface area contributed by atoms with Crippen LogP contribution in [0.4, 0.5) is 0 Å². The molecular weight excluding hydrogens is 222 g/mol. The van der Waals surface area contributed by atoms with Gasteiger partial charge in [-0.2, -0.15) is 0 Å². The molecule has 2 aromatic heterocycles. The maximum Gasteiger partial charge on any atom is 0.130 e. The van der Waals surface area contributed by atoms with Gasteiger partial charge in [-0.3, -0.25) is 0 Å². The fourth-order valence-electron chi connectivity index (χ4n) is 2.23. The highest BCUT2D eigenvalue weighted by atomic mass is 16.1. The van der Waals surface area contributed by atoms with Gasteiger partial charge in [0.25, 0.3) is 0 Å². The monoisotopic (exact) mass is 234 g/mol. The van der Waals surface area contributed by atoms with Gasteiger partial charge >= 0.3 is 0 Å². The van der Waals surface area contributed by atoms with Gasteiger partial charge in [0.05, 0.1) is 6.42 Å². The van der Waals surface area contributed by atoms with E-state index < -0.39 is 0 Å². The van der Waals surface area contributed by atoms with E-state index in [0.29, 0.717) is 0 Å². The summed E-state index contributed by atoms with van der Waals surface area (Å²) in [6.07, 6.45) is 4.41. The summed E-state index contributed by atoms with van der Waals surface area (Å²) in [6, 6.07) is 18.2. The Morgan fingerprint density at radius 2 is 1.72 bits per heavy atom. The minimum atomic E-state index is 0.835. The standard InChI is InChI=1S/C16H12NO/c18-11-9-16-15(13-6-2-1-3-7-13)12-14-8-4-5-10-17(14)16/h1-12H. The summed E-state index contributed by atoms with van der Waals surface area (Å²) in [7, 11) is 0. The molecule has 0 aliphatic rings. The summed E-state index contributed by atoms with van der Waals surface area (Å²) >= 11 is 0. The summed E-state index contributed by atoms with van der Waals surface area (Å²) in [4.78, 5) is 10.8. The molecule has 0 unspecified atom stereocenters. The van der Waals surface area contributed by atoms with Gasteiger partial charge in [0.1, 0.15) is 6.29 Å². The van der Waals surface area contributed by atoms with Crippen molar-refractivity contribution >= 4 is 11.8 Å². The summed E-state index contributed by atoms with van der Waals surface area (Å²) in [5.41, 5.74) is 4.21. The summed E-state index contributed by atoms with van der Waals surface area (Å²) in [6.45, 7) is 0. The highest BCUT2D eigenvalue weighted by Crippen LogP contribution is 2.28. The van der Waals surface area contributed by atoms with E-state index >= 15 is 0 Å². The normalized spacial score (nSPS) is 10.7. The zero-order chi connectivity index (χ0) is 12.4. The lowest BCUT2D eigenvalue weighted by atomic mass is 10.1. The molecule has 3 rings (SSSR count). The van der Waals surface area contributed by atoms with Crippen LogP contribution >= 0.6 is 0 Å². The average molecular weight is 234 g/mol. The Bertz CT molecular complexity index is 683. The molecule has 0 saturated heterocycles. The Hall–Kier alpha value is -2.35. The average Bonchev–Trinajstić information content (AvgIpc) is 2.80. The molecule has 1 aromatic carbocycles. The van der Waals surface area contributed by atoms with Crippen LogP contribution in [0.1, 0.15) is 5.69 Å². The van der Waals surface area contributed by atoms with Crippen molar-refractivity contribution in [2.24, 2.45) is 0 Å². The highest BCUT2D eigenvalue weighted by Gasteiger charge is 2.10. The number of pyridine rings is 1. The fourth-order valence-corrected chi connectivity index (χ4v) is 2.23. The quantitative estimate of drug-likeness (QED) is 0.637. The van der Waals surface area contributed by atoms with Crippen LogP contribution in [0.5, 0.6) is 0 Å².